The highest BCUT2D eigenvalue weighted by atomic mass is 79.9. The van der Waals surface area contributed by atoms with E-state index in [-0.39, 0.29) is 11.4 Å². The number of nitrogens with zero attached hydrogens (tertiary/aromatic N) is 2. The molecule has 1 aliphatic heterocycles. The van der Waals surface area contributed by atoms with Crippen molar-refractivity contribution in [1.29, 1.82) is 0 Å². The first-order chi connectivity index (χ1) is 12.3. The molecule has 0 spiro atoms. The molecule has 2 aromatic rings. The van der Waals surface area contributed by atoms with E-state index < -0.39 is 0 Å². The fraction of sp³-hybridized carbons (Fsp3) is 0.238. The minimum atomic E-state index is -0.238. The Morgan fingerprint density at radius 2 is 2.00 bits per heavy atom. The summed E-state index contributed by atoms with van der Waals surface area (Å²) in [5.41, 5.74) is 7.70. The third-order valence-electron chi connectivity index (χ3n) is 4.71. The zero-order valence-corrected chi connectivity index (χ0v) is 17.0. The molecule has 1 N–H and O–H groups in total. The van der Waals surface area contributed by atoms with E-state index in [9.17, 15) is 4.79 Å². The molecule has 0 saturated carbocycles. The predicted molar refractivity (Wildman–Crippen MR) is 112 cm³/mol. The molecule has 3 rings (SSSR count). The predicted octanol–water partition coefficient (Wildman–Crippen LogP) is 4.84. The molecule has 0 fully saturated rings. The Kier molecular flexibility index (Phi) is 5.01. The van der Waals surface area contributed by atoms with E-state index in [1.165, 1.54) is 16.8 Å². The Bertz CT molecular complexity index is 915. The molecule has 2 aromatic carbocycles. The molecule has 0 atom stereocenters. The van der Waals surface area contributed by atoms with Crippen LogP contribution in [-0.4, -0.2) is 24.7 Å². The van der Waals surface area contributed by atoms with Crippen molar-refractivity contribution in [2.45, 2.75) is 26.3 Å². The highest BCUT2D eigenvalue weighted by Crippen LogP contribution is 2.37. The number of anilines is 1. The summed E-state index contributed by atoms with van der Waals surface area (Å²) >= 11 is 3.36. The standard InChI is InChI=1S/C21H22BrN3O/c1-14-12-21(2,3)25(4)19-9-8-15(10-18(14)19)13-23-24-20(26)16-6-5-7-17(22)11-16/h5-13H,1-4H3,(H,24,26)/b23-13+. The van der Waals surface area contributed by atoms with Crippen molar-refractivity contribution in [3.63, 3.8) is 0 Å². The molecule has 0 aliphatic carbocycles. The highest BCUT2D eigenvalue weighted by Gasteiger charge is 2.28. The summed E-state index contributed by atoms with van der Waals surface area (Å²) in [6.45, 7) is 6.53. The Morgan fingerprint density at radius 1 is 1.23 bits per heavy atom. The largest absolute Gasteiger partial charge is 0.366 e. The topological polar surface area (TPSA) is 44.7 Å². The second-order valence-electron chi connectivity index (χ2n) is 7.03. The summed E-state index contributed by atoms with van der Waals surface area (Å²) < 4.78 is 0.859. The summed E-state index contributed by atoms with van der Waals surface area (Å²) in [6, 6.07) is 13.4. The third-order valence-corrected chi connectivity index (χ3v) is 5.20. The molecular weight excluding hydrogens is 390 g/mol. The van der Waals surface area contributed by atoms with Crippen LogP contribution in [0.1, 0.15) is 42.3 Å². The molecule has 134 valence electrons. The number of hydrogen-bond donors (Lipinski definition) is 1. The van der Waals surface area contributed by atoms with Gasteiger partial charge in [0, 0.05) is 28.3 Å². The van der Waals surface area contributed by atoms with Crippen LogP contribution >= 0.6 is 15.9 Å². The van der Waals surface area contributed by atoms with Crippen LogP contribution in [-0.2, 0) is 0 Å². The number of halogens is 1. The Morgan fingerprint density at radius 3 is 2.73 bits per heavy atom. The average molecular weight is 412 g/mol. The van der Waals surface area contributed by atoms with Crippen molar-refractivity contribution in [3.05, 3.63) is 69.7 Å². The zero-order valence-electron chi connectivity index (χ0n) is 15.4. The monoisotopic (exact) mass is 411 g/mol. The molecule has 0 saturated heterocycles. The highest BCUT2D eigenvalue weighted by molar-refractivity contribution is 9.10. The van der Waals surface area contributed by atoms with Gasteiger partial charge in [0.05, 0.1) is 11.8 Å². The average Bonchev–Trinajstić information content (AvgIpc) is 2.59. The number of rotatable bonds is 3. The normalized spacial score (nSPS) is 15.6. The number of carbonyl (C=O) groups is 1. The number of benzene rings is 2. The second kappa shape index (κ2) is 7.08. The van der Waals surface area contributed by atoms with Crippen molar-refractivity contribution in [2.75, 3.05) is 11.9 Å². The fourth-order valence-corrected chi connectivity index (χ4v) is 3.52. The molecule has 0 unspecified atom stereocenters. The van der Waals surface area contributed by atoms with E-state index in [1.807, 2.05) is 18.2 Å². The zero-order chi connectivity index (χ0) is 18.9. The van der Waals surface area contributed by atoms with E-state index in [0.29, 0.717) is 5.56 Å². The maximum absolute atomic E-state index is 12.1. The number of nitrogens with one attached hydrogen (secondary N) is 1. The van der Waals surface area contributed by atoms with Gasteiger partial charge in [-0.1, -0.05) is 34.1 Å². The molecule has 5 heteroatoms. The minimum Gasteiger partial charge on any atom is -0.366 e. The van der Waals surface area contributed by atoms with E-state index in [0.717, 1.165) is 10.0 Å². The molecule has 0 bridgehead atoms. The maximum Gasteiger partial charge on any atom is 0.271 e. The van der Waals surface area contributed by atoms with Crippen molar-refractivity contribution < 1.29 is 4.79 Å². The number of allylic oxidation sites excluding steroid dienone is 1. The van der Waals surface area contributed by atoms with Gasteiger partial charge in [0.2, 0.25) is 0 Å². The lowest BCUT2D eigenvalue weighted by Gasteiger charge is -2.40. The van der Waals surface area contributed by atoms with E-state index in [1.54, 1.807) is 18.3 Å². The summed E-state index contributed by atoms with van der Waals surface area (Å²) in [4.78, 5) is 14.4. The molecule has 4 nitrogen and oxygen atoms in total. The number of hydrazone groups is 1. The first kappa shape index (κ1) is 18.4. The number of likely N-dealkylation sites (N-methyl/N-ethyl adjacent to an activating group) is 1. The van der Waals surface area contributed by atoms with Crippen LogP contribution in [0, 0.1) is 0 Å². The fourth-order valence-electron chi connectivity index (χ4n) is 3.12. The van der Waals surface area contributed by atoms with Crippen LogP contribution in [0.4, 0.5) is 5.69 Å². The number of amides is 1. The lowest BCUT2D eigenvalue weighted by Crippen LogP contribution is -2.42. The summed E-state index contributed by atoms with van der Waals surface area (Å²) in [5, 5.41) is 4.10. The molecule has 0 aromatic heterocycles. The van der Waals surface area contributed by atoms with Crippen molar-refractivity contribution in [2.24, 2.45) is 5.10 Å². The van der Waals surface area contributed by atoms with Gasteiger partial charge in [-0.3, -0.25) is 4.79 Å². The Balaban J connectivity index is 1.77. The van der Waals surface area contributed by atoms with Crippen LogP contribution < -0.4 is 10.3 Å². The van der Waals surface area contributed by atoms with Crippen LogP contribution in [0.5, 0.6) is 0 Å². The third kappa shape index (κ3) is 3.73. The van der Waals surface area contributed by atoms with Gasteiger partial charge < -0.3 is 4.90 Å². The van der Waals surface area contributed by atoms with Crippen LogP contribution in [0.3, 0.4) is 0 Å². The molecule has 1 amide bonds. The first-order valence-corrected chi connectivity index (χ1v) is 9.24. The SMILES string of the molecule is CC1=CC(C)(C)N(C)c2ccc(/C=N/NC(=O)c3cccc(Br)c3)cc21. The lowest BCUT2D eigenvalue weighted by atomic mass is 9.89. The first-order valence-electron chi connectivity index (χ1n) is 8.44. The quantitative estimate of drug-likeness (QED) is 0.579. The minimum absolute atomic E-state index is 0.00930. The smallest absolute Gasteiger partial charge is 0.271 e. The van der Waals surface area contributed by atoms with Crippen LogP contribution in [0.2, 0.25) is 0 Å². The van der Waals surface area contributed by atoms with Gasteiger partial charge in [-0.05, 0) is 62.2 Å². The molecule has 26 heavy (non-hydrogen) atoms. The van der Waals surface area contributed by atoms with Gasteiger partial charge in [0.15, 0.2) is 0 Å². The van der Waals surface area contributed by atoms with Crippen molar-refractivity contribution in [3.8, 4) is 0 Å². The number of hydrogen-bond acceptors (Lipinski definition) is 3. The Labute approximate surface area is 162 Å². The second-order valence-corrected chi connectivity index (χ2v) is 7.94. The molecule has 1 heterocycles. The van der Waals surface area contributed by atoms with Crippen molar-refractivity contribution in [1.82, 2.24) is 5.43 Å². The van der Waals surface area contributed by atoms with Gasteiger partial charge in [0.25, 0.3) is 5.91 Å². The van der Waals surface area contributed by atoms with Gasteiger partial charge in [-0.2, -0.15) is 5.10 Å². The van der Waals surface area contributed by atoms with E-state index in [2.05, 4.69) is 77.4 Å². The lowest BCUT2D eigenvalue weighted by molar-refractivity contribution is 0.0955. The van der Waals surface area contributed by atoms with Crippen LogP contribution in [0.15, 0.2) is 58.1 Å². The van der Waals surface area contributed by atoms with E-state index in [4.69, 9.17) is 0 Å². The molecule has 1 aliphatic rings. The maximum atomic E-state index is 12.1. The van der Waals surface area contributed by atoms with Crippen molar-refractivity contribution >= 4 is 39.3 Å². The Hall–Kier alpha value is -2.40. The number of carbonyl (C=O) groups excluding carboxylic acids is 1. The van der Waals surface area contributed by atoms with Gasteiger partial charge in [-0.15, -0.1) is 0 Å². The van der Waals surface area contributed by atoms with Crippen LogP contribution in [0.25, 0.3) is 5.57 Å². The van der Waals surface area contributed by atoms with Gasteiger partial charge in [0.1, 0.15) is 0 Å². The molecule has 0 radical (unpaired) electrons. The summed E-state index contributed by atoms with van der Waals surface area (Å²) in [5.74, 6) is -0.238. The summed E-state index contributed by atoms with van der Waals surface area (Å²) in [6.07, 6.45) is 3.94. The summed E-state index contributed by atoms with van der Waals surface area (Å²) in [7, 11) is 2.10. The van der Waals surface area contributed by atoms with Gasteiger partial charge in [-0.25, -0.2) is 5.43 Å². The van der Waals surface area contributed by atoms with E-state index >= 15 is 0 Å². The van der Waals surface area contributed by atoms with Gasteiger partial charge >= 0.3 is 0 Å². The number of fused-ring (bicyclic) bond motifs is 1. The molecular formula is C21H22BrN3O.